The maximum absolute atomic E-state index is 6.31. The molecule has 214 valence electrons. The van der Waals surface area contributed by atoms with Crippen LogP contribution in [0.3, 0.4) is 0 Å². The molecule has 0 spiro atoms. The van der Waals surface area contributed by atoms with E-state index in [1.54, 1.807) is 0 Å². The van der Waals surface area contributed by atoms with Gasteiger partial charge in [-0.15, -0.1) is 0 Å². The minimum Gasteiger partial charge on any atom is -0.456 e. The van der Waals surface area contributed by atoms with E-state index < -0.39 is 8.07 Å². The van der Waals surface area contributed by atoms with Crippen LogP contribution >= 0.6 is 0 Å². The third-order valence-electron chi connectivity index (χ3n) is 9.64. The standard InChI is InChI=1S/C42H31NOSi/c1-45(2)39-25-24-38-41(35-14-8-9-15-37(35)44-38)42(39)36-23-22-34(27-40(36)45)43(32-12-4-3-5-13-32)33-20-18-29(19-21-33)31-17-16-28-10-6-7-11-30(28)26-31/h3-27H,1-2H3. The average Bonchev–Trinajstić information content (AvgIpc) is 3.57. The van der Waals surface area contributed by atoms with Crippen LogP contribution in [0.4, 0.5) is 17.1 Å². The van der Waals surface area contributed by atoms with Gasteiger partial charge in [0.05, 0.1) is 0 Å². The number of para-hydroxylation sites is 2. The van der Waals surface area contributed by atoms with Crippen molar-refractivity contribution in [2.75, 3.05) is 4.90 Å². The summed E-state index contributed by atoms with van der Waals surface area (Å²) in [5.74, 6) is 0. The highest BCUT2D eigenvalue weighted by Crippen LogP contribution is 2.42. The zero-order chi connectivity index (χ0) is 30.1. The zero-order valence-electron chi connectivity index (χ0n) is 25.3. The fourth-order valence-corrected chi connectivity index (χ4v) is 10.4. The van der Waals surface area contributed by atoms with Gasteiger partial charge >= 0.3 is 0 Å². The first-order valence-corrected chi connectivity index (χ1v) is 18.6. The second-order valence-electron chi connectivity index (χ2n) is 12.6. The Morgan fingerprint density at radius 2 is 1.18 bits per heavy atom. The molecule has 0 saturated carbocycles. The molecule has 0 atom stereocenters. The summed E-state index contributed by atoms with van der Waals surface area (Å²) >= 11 is 0. The van der Waals surface area contributed by atoms with Gasteiger partial charge in [-0.2, -0.15) is 0 Å². The van der Waals surface area contributed by atoms with Crippen LogP contribution in [-0.2, 0) is 0 Å². The summed E-state index contributed by atoms with van der Waals surface area (Å²) in [5.41, 5.74) is 10.5. The Hall–Kier alpha value is -5.38. The molecule has 9 rings (SSSR count). The molecule has 3 heteroatoms. The van der Waals surface area contributed by atoms with Crippen molar-refractivity contribution in [3.05, 3.63) is 152 Å². The summed E-state index contributed by atoms with van der Waals surface area (Å²) in [6, 6.07) is 55.0. The lowest BCUT2D eigenvalue weighted by molar-refractivity contribution is 0.669. The molecule has 1 aliphatic rings. The van der Waals surface area contributed by atoms with E-state index in [2.05, 4.69) is 170 Å². The average molecular weight is 594 g/mol. The Bertz CT molecular complexity index is 2400. The normalized spacial score (nSPS) is 13.3. The maximum Gasteiger partial charge on any atom is 0.136 e. The Morgan fingerprint density at radius 1 is 0.489 bits per heavy atom. The lowest BCUT2D eigenvalue weighted by Gasteiger charge is -2.27. The first-order valence-electron chi connectivity index (χ1n) is 15.6. The number of hydrogen-bond donors (Lipinski definition) is 0. The summed E-state index contributed by atoms with van der Waals surface area (Å²) < 4.78 is 6.31. The predicted octanol–water partition coefficient (Wildman–Crippen LogP) is 10.7. The molecule has 0 N–H and O–H groups in total. The molecule has 1 aromatic heterocycles. The van der Waals surface area contributed by atoms with Gasteiger partial charge in [0.1, 0.15) is 19.2 Å². The summed E-state index contributed by atoms with van der Waals surface area (Å²) in [4.78, 5) is 2.39. The van der Waals surface area contributed by atoms with Crippen LogP contribution in [-0.4, -0.2) is 8.07 Å². The zero-order valence-corrected chi connectivity index (χ0v) is 26.3. The summed E-state index contributed by atoms with van der Waals surface area (Å²) in [5, 5.41) is 7.93. The van der Waals surface area contributed by atoms with Crippen LogP contribution < -0.4 is 15.3 Å². The summed E-state index contributed by atoms with van der Waals surface area (Å²) in [7, 11) is -1.98. The molecule has 45 heavy (non-hydrogen) atoms. The van der Waals surface area contributed by atoms with Crippen LogP contribution in [0.2, 0.25) is 13.1 Å². The Balaban J connectivity index is 1.18. The van der Waals surface area contributed by atoms with Crippen molar-refractivity contribution >= 4 is 68.2 Å². The van der Waals surface area contributed by atoms with E-state index in [-0.39, 0.29) is 0 Å². The number of furan rings is 1. The fraction of sp³-hybridized carbons (Fsp3) is 0.0476. The minimum atomic E-state index is -1.98. The third-order valence-corrected chi connectivity index (χ3v) is 13.2. The van der Waals surface area contributed by atoms with E-state index in [1.807, 2.05) is 0 Å². The highest BCUT2D eigenvalue weighted by atomic mass is 28.3. The van der Waals surface area contributed by atoms with Gasteiger partial charge in [-0.25, -0.2) is 0 Å². The van der Waals surface area contributed by atoms with E-state index in [0.717, 1.165) is 22.5 Å². The van der Waals surface area contributed by atoms with Crippen LogP contribution in [0.25, 0.3) is 55.0 Å². The molecular weight excluding hydrogens is 563 g/mol. The van der Waals surface area contributed by atoms with E-state index in [1.165, 1.54) is 59.9 Å². The minimum absolute atomic E-state index is 0.952. The number of benzene rings is 7. The quantitative estimate of drug-likeness (QED) is 0.189. The molecular formula is C42H31NOSi. The molecule has 2 heterocycles. The number of hydrogen-bond acceptors (Lipinski definition) is 2. The van der Waals surface area contributed by atoms with Gasteiger partial charge in [-0.3, -0.25) is 0 Å². The first-order chi connectivity index (χ1) is 22.1. The Morgan fingerprint density at radius 3 is 2.02 bits per heavy atom. The van der Waals surface area contributed by atoms with Crippen LogP contribution in [0.5, 0.6) is 0 Å². The lowest BCUT2D eigenvalue weighted by atomic mass is 9.99. The van der Waals surface area contributed by atoms with E-state index in [4.69, 9.17) is 4.42 Å². The van der Waals surface area contributed by atoms with Crippen LogP contribution in [0, 0.1) is 0 Å². The Kier molecular flexibility index (Phi) is 5.68. The first kappa shape index (κ1) is 26.1. The van der Waals surface area contributed by atoms with Crippen molar-refractivity contribution < 1.29 is 4.42 Å². The second-order valence-corrected chi connectivity index (χ2v) is 16.9. The van der Waals surface area contributed by atoms with Crippen molar-refractivity contribution in [3.63, 3.8) is 0 Å². The third kappa shape index (κ3) is 4.01. The number of nitrogens with zero attached hydrogens (tertiary/aromatic N) is 1. The van der Waals surface area contributed by atoms with Gasteiger partial charge in [0.15, 0.2) is 0 Å². The van der Waals surface area contributed by atoms with Crippen molar-refractivity contribution in [1.82, 2.24) is 0 Å². The van der Waals surface area contributed by atoms with Crippen molar-refractivity contribution in [2.45, 2.75) is 13.1 Å². The SMILES string of the molecule is C[Si]1(C)c2cc(N(c3ccccc3)c3ccc(-c4ccc5ccccc5c4)cc3)ccc2-c2c1ccc1oc3ccccc3c21. The monoisotopic (exact) mass is 593 g/mol. The molecule has 0 unspecified atom stereocenters. The molecule has 7 aromatic carbocycles. The maximum atomic E-state index is 6.31. The predicted molar refractivity (Wildman–Crippen MR) is 194 cm³/mol. The highest BCUT2D eigenvalue weighted by molar-refractivity contribution is 7.04. The number of anilines is 3. The van der Waals surface area contributed by atoms with Gasteiger partial charge in [0.2, 0.25) is 0 Å². The highest BCUT2D eigenvalue weighted by Gasteiger charge is 2.39. The molecule has 0 amide bonds. The molecule has 8 aromatic rings. The molecule has 2 nitrogen and oxygen atoms in total. The van der Waals surface area contributed by atoms with Crippen molar-refractivity contribution in [3.8, 4) is 22.3 Å². The van der Waals surface area contributed by atoms with Crippen LogP contribution in [0.15, 0.2) is 156 Å². The van der Waals surface area contributed by atoms with E-state index in [9.17, 15) is 0 Å². The van der Waals surface area contributed by atoms with Gasteiger partial charge in [0, 0.05) is 27.8 Å². The smallest absolute Gasteiger partial charge is 0.136 e. The van der Waals surface area contributed by atoms with Crippen LogP contribution in [0.1, 0.15) is 0 Å². The topological polar surface area (TPSA) is 16.4 Å². The van der Waals surface area contributed by atoms with Gasteiger partial charge < -0.3 is 9.32 Å². The van der Waals surface area contributed by atoms with Gasteiger partial charge in [-0.05, 0) is 98.0 Å². The molecule has 0 aliphatic carbocycles. The van der Waals surface area contributed by atoms with E-state index in [0.29, 0.717) is 0 Å². The van der Waals surface area contributed by atoms with Crippen molar-refractivity contribution in [2.24, 2.45) is 0 Å². The molecule has 0 fully saturated rings. The largest absolute Gasteiger partial charge is 0.456 e. The van der Waals surface area contributed by atoms with Crippen molar-refractivity contribution in [1.29, 1.82) is 0 Å². The summed E-state index contributed by atoms with van der Waals surface area (Å²) in [6.45, 7) is 4.97. The second kappa shape index (κ2) is 9.81. The molecule has 1 aliphatic heterocycles. The van der Waals surface area contributed by atoms with Gasteiger partial charge in [0.25, 0.3) is 0 Å². The van der Waals surface area contributed by atoms with Gasteiger partial charge in [-0.1, -0.05) is 110 Å². The lowest BCUT2D eigenvalue weighted by Crippen LogP contribution is -2.49. The number of rotatable bonds is 4. The van der Waals surface area contributed by atoms with E-state index >= 15 is 0 Å². The molecule has 0 saturated heterocycles. The fourth-order valence-electron chi connectivity index (χ4n) is 7.36. The molecule has 0 radical (unpaired) electrons. The molecule has 0 bridgehead atoms. The number of fused-ring (bicyclic) bond motifs is 8. The Labute approximate surface area is 263 Å². The summed E-state index contributed by atoms with van der Waals surface area (Å²) in [6.07, 6.45) is 0.